The molecule has 1 aliphatic rings. The van der Waals surface area contributed by atoms with Crippen molar-refractivity contribution in [2.75, 3.05) is 13.1 Å². The van der Waals surface area contributed by atoms with E-state index in [-0.39, 0.29) is 17.4 Å². The number of hydrogen-bond acceptors (Lipinski definition) is 4. The van der Waals surface area contributed by atoms with Crippen molar-refractivity contribution in [2.24, 2.45) is 0 Å². The zero-order valence-corrected chi connectivity index (χ0v) is 18.2. The summed E-state index contributed by atoms with van der Waals surface area (Å²) in [7, 11) is 0. The third-order valence-electron chi connectivity index (χ3n) is 5.94. The minimum atomic E-state index is -0.173. The largest absolute Gasteiger partial charge is 0.338 e. The Balaban J connectivity index is 1.38. The fourth-order valence-electron chi connectivity index (χ4n) is 4.28. The monoisotopic (exact) mass is 447 g/mol. The van der Waals surface area contributed by atoms with Crippen LogP contribution >= 0.6 is 11.6 Å². The molecule has 0 unspecified atom stereocenters. The number of carbonyl (C=O) groups excluding carboxylic acids is 1. The van der Waals surface area contributed by atoms with Crippen molar-refractivity contribution in [1.29, 1.82) is 0 Å². The van der Waals surface area contributed by atoms with Gasteiger partial charge in [-0.3, -0.25) is 14.0 Å². The lowest BCUT2D eigenvalue weighted by Gasteiger charge is -2.32. The quantitative estimate of drug-likeness (QED) is 0.479. The Morgan fingerprint density at radius 2 is 1.91 bits per heavy atom. The molecule has 1 amide bonds. The molecule has 7 nitrogen and oxygen atoms in total. The third-order valence-corrected chi connectivity index (χ3v) is 6.31. The van der Waals surface area contributed by atoms with Crippen molar-refractivity contribution in [1.82, 2.24) is 24.1 Å². The van der Waals surface area contributed by atoms with Gasteiger partial charge < -0.3 is 9.47 Å². The van der Waals surface area contributed by atoms with Gasteiger partial charge in [-0.25, -0.2) is 0 Å². The molecule has 0 spiro atoms. The molecule has 0 aliphatic carbocycles. The minimum absolute atomic E-state index is 0.0866. The average molecular weight is 448 g/mol. The van der Waals surface area contributed by atoms with Crippen LogP contribution in [0.15, 0.2) is 71.8 Å². The van der Waals surface area contributed by atoms with E-state index in [4.69, 9.17) is 11.6 Å². The average Bonchev–Trinajstić information content (AvgIpc) is 3.26. The maximum Gasteiger partial charge on any atom is 0.255 e. The lowest BCUT2D eigenvalue weighted by atomic mass is 9.96. The van der Waals surface area contributed by atoms with Crippen molar-refractivity contribution < 1.29 is 4.79 Å². The van der Waals surface area contributed by atoms with Crippen LogP contribution in [0.25, 0.3) is 5.65 Å². The van der Waals surface area contributed by atoms with Crippen LogP contribution in [0.4, 0.5) is 0 Å². The van der Waals surface area contributed by atoms with Crippen molar-refractivity contribution in [3.63, 3.8) is 0 Å². The highest BCUT2D eigenvalue weighted by molar-refractivity contribution is 6.31. The summed E-state index contributed by atoms with van der Waals surface area (Å²) >= 11 is 6.25. The Labute approximate surface area is 189 Å². The molecule has 4 aromatic rings. The van der Waals surface area contributed by atoms with Gasteiger partial charge in [-0.1, -0.05) is 35.9 Å². The zero-order chi connectivity index (χ0) is 22.1. The summed E-state index contributed by atoms with van der Waals surface area (Å²) in [5, 5.41) is 9.23. The van der Waals surface area contributed by atoms with Gasteiger partial charge in [0.25, 0.3) is 11.5 Å². The first kappa shape index (κ1) is 20.5. The second kappa shape index (κ2) is 8.59. The molecule has 0 bridgehead atoms. The number of aromatic nitrogens is 4. The molecule has 3 aromatic heterocycles. The van der Waals surface area contributed by atoms with Gasteiger partial charge in [0.2, 0.25) is 0 Å². The first-order valence-electron chi connectivity index (χ1n) is 10.6. The highest BCUT2D eigenvalue weighted by Gasteiger charge is 2.28. The van der Waals surface area contributed by atoms with Crippen LogP contribution in [0, 0.1) is 0 Å². The Bertz CT molecular complexity index is 1350. The second-order valence-electron chi connectivity index (χ2n) is 8.05. The van der Waals surface area contributed by atoms with E-state index in [9.17, 15) is 9.59 Å². The number of benzene rings is 1. The fraction of sp³-hybridized carbons (Fsp3) is 0.250. The normalized spacial score (nSPS) is 16.4. The number of nitrogens with zero attached hydrogens (tertiary/aromatic N) is 5. The van der Waals surface area contributed by atoms with Gasteiger partial charge in [-0.05, 0) is 42.7 Å². The molecular formula is C24H22ClN5O2. The highest BCUT2D eigenvalue weighted by atomic mass is 35.5. The smallest absolute Gasteiger partial charge is 0.255 e. The standard InChI is InChI=1S/C24H22ClN5O2/c25-20-8-2-1-6-17(20)14-29-16-19(10-11-22(29)31)24(32)28-12-5-7-18(15-28)23-27-26-21-9-3-4-13-30(21)23/h1-4,6,8-11,13,16,18H,5,7,12,14-15H2/t18-/m1/s1. The van der Waals surface area contributed by atoms with Crippen LogP contribution in [0.1, 0.15) is 40.5 Å². The molecule has 1 atom stereocenters. The molecule has 0 N–H and O–H groups in total. The molecule has 0 radical (unpaired) electrons. The number of halogens is 1. The lowest BCUT2D eigenvalue weighted by molar-refractivity contribution is 0.0703. The Kier molecular flexibility index (Phi) is 5.49. The van der Waals surface area contributed by atoms with Crippen LogP contribution in [-0.4, -0.2) is 43.1 Å². The van der Waals surface area contributed by atoms with Gasteiger partial charge in [0.05, 0.1) is 12.1 Å². The number of piperidine rings is 1. The van der Waals surface area contributed by atoms with Gasteiger partial charge >= 0.3 is 0 Å². The van der Waals surface area contributed by atoms with Crippen LogP contribution in [-0.2, 0) is 6.54 Å². The fourth-order valence-corrected chi connectivity index (χ4v) is 4.48. The van der Waals surface area contributed by atoms with Crippen molar-refractivity contribution >= 4 is 23.2 Å². The maximum atomic E-state index is 13.3. The molecule has 5 rings (SSSR count). The van der Waals surface area contributed by atoms with E-state index >= 15 is 0 Å². The molecule has 1 aliphatic heterocycles. The zero-order valence-electron chi connectivity index (χ0n) is 17.4. The number of amides is 1. The number of hydrogen-bond donors (Lipinski definition) is 0. The van der Waals surface area contributed by atoms with Gasteiger partial charge in [-0.15, -0.1) is 10.2 Å². The minimum Gasteiger partial charge on any atom is -0.338 e. The molecule has 1 fully saturated rings. The van der Waals surface area contributed by atoms with E-state index in [1.807, 2.05) is 51.9 Å². The molecule has 8 heteroatoms. The first-order valence-corrected chi connectivity index (χ1v) is 11.0. The Hall–Kier alpha value is -3.45. The third kappa shape index (κ3) is 3.91. The topological polar surface area (TPSA) is 72.5 Å². The summed E-state index contributed by atoms with van der Waals surface area (Å²) in [6, 6.07) is 16.2. The van der Waals surface area contributed by atoms with Gasteiger partial charge in [-0.2, -0.15) is 0 Å². The number of fused-ring (bicyclic) bond motifs is 1. The molecule has 4 heterocycles. The van der Waals surface area contributed by atoms with E-state index in [1.54, 1.807) is 18.3 Å². The highest BCUT2D eigenvalue weighted by Crippen LogP contribution is 2.27. The summed E-state index contributed by atoms with van der Waals surface area (Å²) < 4.78 is 3.52. The predicted octanol–water partition coefficient (Wildman–Crippen LogP) is 3.61. The summed E-state index contributed by atoms with van der Waals surface area (Å²) in [4.78, 5) is 27.5. The van der Waals surface area contributed by atoms with Crippen molar-refractivity contribution in [3.8, 4) is 0 Å². The Morgan fingerprint density at radius 1 is 1.06 bits per heavy atom. The first-order chi connectivity index (χ1) is 15.6. The summed E-state index contributed by atoms with van der Waals surface area (Å²) in [6.07, 6.45) is 5.42. The second-order valence-corrected chi connectivity index (χ2v) is 8.46. The van der Waals surface area contributed by atoms with Crippen LogP contribution in [0.3, 0.4) is 0 Å². The van der Waals surface area contributed by atoms with Crippen LogP contribution in [0.5, 0.6) is 0 Å². The molecule has 0 saturated carbocycles. The van der Waals surface area contributed by atoms with E-state index < -0.39 is 0 Å². The predicted molar refractivity (Wildman–Crippen MR) is 122 cm³/mol. The van der Waals surface area contributed by atoms with Gasteiger partial charge in [0, 0.05) is 42.5 Å². The number of pyridine rings is 2. The number of rotatable bonds is 4. The van der Waals surface area contributed by atoms with Crippen LogP contribution < -0.4 is 5.56 Å². The summed E-state index contributed by atoms with van der Waals surface area (Å²) in [5.41, 5.74) is 1.95. The van der Waals surface area contributed by atoms with E-state index in [0.29, 0.717) is 30.2 Å². The van der Waals surface area contributed by atoms with Crippen LogP contribution in [0.2, 0.25) is 5.02 Å². The Morgan fingerprint density at radius 3 is 2.78 bits per heavy atom. The maximum absolute atomic E-state index is 13.3. The van der Waals surface area contributed by atoms with E-state index in [0.717, 1.165) is 29.9 Å². The molecular weight excluding hydrogens is 426 g/mol. The SMILES string of the molecule is O=C(c1ccc(=O)n(Cc2ccccc2Cl)c1)N1CCC[C@@H](c2nnc3ccccn23)C1. The van der Waals surface area contributed by atoms with E-state index in [1.165, 1.54) is 10.6 Å². The van der Waals surface area contributed by atoms with E-state index in [2.05, 4.69) is 10.2 Å². The number of likely N-dealkylation sites (tertiary alicyclic amines) is 1. The molecule has 162 valence electrons. The van der Waals surface area contributed by atoms with Crippen molar-refractivity contribution in [3.05, 3.63) is 99.3 Å². The summed E-state index contributed by atoms with van der Waals surface area (Å²) in [6.45, 7) is 1.56. The molecule has 32 heavy (non-hydrogen) atoms. The number of carbonyl (C=O) groups is 1. The molecule has 1 saturated heterocycles. The summed E-state index contributed by atoms with van der Waals surface area (Å²) in [5.74, 6) is 0.900. The lowest BCUT2D eigenvalue weighted by Crippen LogP contribution is -2.40. The van der Waals surface area contributed by atoms with Gasteiger partial charge in [0.1, 0.15) is 5.82 Å². The van der Waals surface area contributed by atoms with Crippen molar-refractivity contribution in [2.45, 2.75) is 25.3 Å². The molecule has 1 aromatic carbocycles. The van der Waals surface area contributed by atoms with Gasteiger partial charge in [0.15, 0.2) is 5.65 Å².